The Morgan fingerprint density at radius 3 is 2.43 bits per heavy atom. The van der Waals surface area contributed by atoms with E-state index in [9.17, 15) is 0 Å². The fourth-order valence-electron chi connectivity index (χ4n) is 2.25. The lowest BCUT2D eigenvalue weighted by molar-refractivity contribution is 0.228. The van der Waals surface area contributed by atoms with Gasteiger partial charge < -0.3 is 14.8 Å². The molecule has 3 nitrogen and oxygen atoms in total. The van der Waals surface area contributed by atoms with Crippen LogP contribution in [0.1, 0.15) is 46.1 Å². The van der Waals surface area contributed by atoms with Crippen molar-refractivity contribution in [3.63, 3.8) is 0 Å². The number of benzene rings is 1. The van der Waals surface area contributed by atoms with Gasteiger partial charge in [0.1, 0.15) is 0 Å². The Bertz CT molecular complexity index is 400. The van der Waals surface area contributed by atoms with Crippen LogP contribution >= 0.6 is 0 Å². The van der Waals surface area contributed by atoms with E-state index in [0.717, 1.165) is 44.0 Å². The molecule has 0 aliphatic rings. The summed E-state index contributed by atoms with van der Waals surface area (Å²) in [4.78, 5) is 0. The van der Waals surface area contributed by atoms with E-state index in [-0.39, 0.29) is 0 Å². The summed E-state index contributed by atoms with van der Waals surface area (Å²) in [6.07, 6.45) is 2.29. The predicted molar refractivity (Wildman–Crippen MR) is 89.1 cm³/mol. The van der Waals surface area contributed by atoms with Crippen LogP contribution in [0.15, 0.2) is 18.2 Å². The molecule has 1 aromatic rings. The molecule has 1 rings (SSSR count). The van der Waals surface area contributed by atoms with Crippen LogP contribution in [-0.2, 0) is 6.54 Å². The number of hydrogen-bond acceptors (Lipinski definition) is 3. The minimum atomic E-state index is 0.603. The third-order valence-corrected chi connectivity index (χ3v) is 3.77. The third kappa shape index (κ3) is 5.96. The second-order valence-electron chi connectivity index (χ2n) is 5.97. The summed E-state index contributed by atoms with van der Waals surface area (Å²) in [5.41, 5.74) is 1.17. The van der Waals surface area contributed by atoms with Crippen molar-refractivity contribution in [2.24, 2.45) is 11.8 Å². The second-order valence-corrected chi connectivity index (χ2v) is 5.97. The molecule has 0 aliphatic carbocycles. The monoisotopic (exact) mass is 293 g/mol. The Morgan fingerprint density at radius 2 is 1.86 bits per heavy atom. The van der Waals surface area contributed by atoms with Crippen molar-refractivity contribution in [1.29, 1.82) is 0 Å². The number of methoxy groups -OCH3 is 1. The minimum Gasteiger partial charge on any atom is -0.493 e. The standard InChI is InChI=1S/C18H31NO2/c1-6-15(7-2)13-21-18-16(12-19-11-14(3)4)9-8-10-17(18)20-5/h8-10,14-15,19H,6-7,11-13H2,1-5H3. The molecular formula is C18H31NO2. The van der Waals surface area contributed by atoms with Gasteiger partial charge in [0, 0.05) is 12.1 Å². The van der Waals surface area contributed by atoms with Gasteiger partial charge in [-0.15, -0.1) is 0 Å². The van der Waals surface area contributed by atoms with Crippen molar-refractivity contribution in [3.8, 4) is 11.5 Å². The smallest absolute Gasteiger partial charge is 0.165 e. The van der Waals surface area contributed by atoms with E-state index >= 15 is 0 Å². The summed E-state index contributed by atoms with van der Waals surface area (Å²) in [6.45, 7) is 11.4. The van der Waals surface area contributed by atoms with Crippen molar-refractivity contribution in [1.82, 2.24) is 5.32 Å². The fraction of sp³-hybridized carbons (Fsp3) is 0.667. The largest absolute Gasteiger partial charge is 0.493 e. The van der Waals surface area contributed by atoms with Gasteiger partial charge in [0.05, 0.1) is 13.7 Å². The van der Waals surface area contributed by atoms with E-state index in [2.05, 4.69) is 39.1 Å². The van der Waals surface area contributed by atoms with Crippen LogP contribution in [0.4, 0.5) is 0 Å². The third-order valence-electron chi connectivity index (χ3n) is 3.77. The highest BCUT2D eigenvalue weighted by atomic mass is 16.5. The molecule has 1 aromatic carbocycles. The quantitative estimate of drug-likeness (QED) is 0.699. The van der Waals surface area contributed by atoms with Gasteiger partial charge in [-0.25, -0.2) is 0 Å². The molecule has 1 N–H and O–H groups in total. The Labute approximate surface area is 130 Å². The van der Waals surface area contributed by atoms with Crippen LogP contribution in [-0.4, -0.2) is 20.3 Å². The molecule has 120 valence electrons. The maximum atomic E-state index is 6.10. The van der Waals surface area contributed by atoms with Gasteiger partial charge in [-0.2, -0.15) is 0 Å². The number of rotatable bonds is 10. The van der Waals surface area contributed by atoms with Crippen molar-refractivity contribution in [2.75, 3.05) is 20.3 Å². The number of hydrogen-bond donors (Lipinski definition) is 1. The molecule has 0 amide bonds. The van der Waals surface area contributed by atoms with Gasteiger partial charge in [-0.3, -0.25) is 0 Å². The number of para-hydroxylation sites is 1. The van der Waals surface area contributed by atoms with Crippen LogP contribution in [0.25, 0.3) is 0 Å². The molecule has 21 heavy (non-hydrogen) atoms. The Kier molecular flexibility index (Phi) is 8.21. The lowest BCUT2D eigenvalue weighted by Crippen LogP contribution is -2.20. The molecular weight excluding hydrogens is 262 g/mol. The lowest BCUT2D eigenvalue weighted by Gasteiger charge is -2.19. The Balaban J connectivity index is 2.77. The van der Waals surface area contributed by atoms with Crippen LogP contribution < -0.4 is 14.8 Å². The molecule has 0 aromatic heterocycles. The van der Waals surface area contributed by atoms with Gasteiger partial charge in [-0.1, -0.05) is 52.7 Å². The molecule has 0 atom stereocenters. The summed E-state index contributed by atoms with van der Waals surface area (Å²) in [5, 5.41) is 3.47. The van der Waals surface area contributed by atoms with Crippen LogP contribution in [0, 0.1) is 11.8 Å². The summed E-state index contributed by atoms with van der Waals surface area (Å²) in [6, 6.07) is 6.10. The number of ether oxygens (including phenoxy) is 2. The molecule has 3 heteroatoms. The highest BCUT2D eigenvalue weighted by Gasteiger charge is 2.13. The topological polar surface area (TPSA) is 30.5 Å². The van der Waals surface area contributed by atoms with Crippen LogP contribution in [0.5, 0.6) is 11.5 Å². The molecule has 0 aliphatic heterocycles. The van der Waals surface area contributed by atoms with E-state index in [1.165, 1.54) is 5.56 Å². The van der Waals surface area contributed by atoms with E-state index < -0.39 is 0 Å². The first-order valence-electron chi connectivity index (χ1n) is 8.11. The molecule has 0 spiro atoms. The van der Waals surface area contributed by atoms with Gasteiger partial charge in [0.25, 0.3) is 0 Å². The van der Waals surface area contributed by atoms with Gasteiger partial charge in [0.15, 0.2) is 11.5 Å². The zero-order valence-corrected chi connectivity index (χ0v) is 14.2. The summed E-state index contributed by atoms with van der Waals surface area (Å²) in [7, 11) is 1.70. The molecule has 0 heterocycles. The Morgan fingerprint density at radius 1 is 1.14 bits per heavy atom. The summed E-state index contributed by atoms with van der Waals surface area (Å²) < 4.78 is 11.6. The second kappa shape index (κ2) is 9.67. The van der Waals surface area contributed by atoms with Crippen LogP contribution in [0.3, 0.4) is 0 Å². The lowest BCUT2D eigenvalue weighted by atomic mass is 10.1. The van der Waals surface area contributed by atoms with E-state index in [0.29, 0.717) is 11.8 Å². The van der Waals surface area contributed by atoms with Crippen molar-refractivity contribution < 1.29 is 9.47 Å². The SMILES string of the molecule is CCC(CC)COc1c(CNCC(C)C)cccc1OC. The highest BCUT2D eigenvalue weighted by molar-refractivity contribution is 5.46. The zero-order chi connectivity index (χ0) is 15.7. The average Bonchev–Trinajstić information content (AvgIpc) is 2.48. The minimum absolute atomic E-state index is 0.603. The first-order valence-corrected chi connectivity index (χ1v) is 8.11. The predicted octanol–water partition coefficient (Wildman–Crippen LogP) is 4.26. The molecule has 0 saturated heterocycles. The van der Waals surface area contributed by atoms with Crippen LogP contribution in [0.2, 0.25) is 0 Å². The highest BCUT2D eigenvalue weighted by Crippen LogP contribution is 2.31. The van der Waals surface area contributed by atoms with Crippen molar-refractivity contribution in [3.05, 3.63) is 23.8 Å². The van der Waals surface area contributed by atoms with E-state index in [4.69, 9.17) is 9.47 Å². The molecule has 0 unspecified atom stereocenters. The number of nitrogens with one attached hydrogen (secondary N) is 1. The zero-order valence-electron chi connectivity index (χ0n) is 14.2. The first kappa shape index (κ1) is 17.8. The molecule has 0 saturated carbocycles. The maximum absolute atomic E-state index is 6.10. The Hall–Kier alpha value is -1.22. The first-order chi connectivity index (χ1) is 10.1. The normalized spacial score (nSPS) is 11.2. The average molecular weight is 293 g/mol. The van der Waals surface area contributed by atoms with E-state index in [1.54, 1.807) is 7.11 Å². The van der Waals surface area contributed by atoms with E-state index in [1.807, 2.05) is 12.1 Å². The summed E-state index contributed by atoms with van der Waals surface area (Å²) >= 11 is 0. The van der Waals surface area contributed by atoms with Gasteiger partial charge in [-0.05, 0) is 24.4 Å². The molecule has 0 fully saturated rings. The maximum Gasteiger partial charge on any atom is 0.165 e. The van der Waals surface area contributed by atoms with Gasteiger partial charge in [0.2, 0.25) is 0 Å². The van der Waals surface area contributed by atoms with Crippen molar-refractivity contribution in [2.45, 2.75) is 47.1 Å². The molecule has 0 bridgehead atoms. The summed E-state index contributed by atoms with van der Waals surface area (Å²) in [5.74, 6) is 2.96. The van der Waals surface area contributed by atoms with Crippen molar-refractivity contribution >= 4 is 0 Å². The fourth-order valence-corrected chi connectivity index (χ4v) is 2.25. The molecule has 0 radical (unpaired) electrons. The van der Waals surface area contributed by atoms with Gasteiger partial charge >= 0.3 is 0 Å².